The second-order valence-electron chi connectivity index (χ2n) is 3.29. The van der Waals surface area contributed by atoms with Crippen molar-refractivity contribution >= 4 is 11.6 Å². The lowest BCUT2D eigenvalue weighted by molar-refractivity contribution is -0.116. The molecule has 1 aromatic rings. The molecule has 0 heterocycles. The molecule has 0 unspecified atom stereocenters. The summed E-state index contributed by atoms with van der Waals surface area (Å²) >= 11 is 0. The lowest BCUT2D eigenvalue weighted by Gasteiger charge is -2.07. The average Bonchev–Trinajstić information content (AvgIpc) is 2.27. The van der Waals surface area contributed by atoms with E-state index in [-0.39, 0.29) is 25.4 Å². The van der Waals surface area contributed by atoms with Gasteiger partial charge in [0.05, 0.1) is 12.7 Å². The summed E-state index contributed by atoms with van der Waals surface area (Å²) in [5.41, 5.74) is 0.737. The predicted molar refractivity (Wildman–Crippen MR) is 57.4 cm³/mol. The van der Waals surface area contributed by atoms with E-state index in [0.29, 0.717) is 0 Å². The normalized spacial score (nSPS) is 12.1. The molecule has 1 aromatic carbocycles. The molecule has 0 fully saturated rings. The minimum atomic E-state index is -0.813. The fourth-order valence-electron chi connectivity index (χ4n) is 1.13. The Kier molecular flexibility index (Phi) is 4.80. The number of amides is 1. The Bertz CT molecular complexity index is 300. The molecule has 1 atom stereocenters. The van der Waals surface area contributed by atoms with Crippen LogP contribution < -0.4 is 5.32 Å². The van der Waals surface area contributed by atoms with E-state index in [2.05, 4.69) is 5.32 Å². The molecule has 0 aliphatic rings. The molecule has 82 valence electrons. The van der Waals surface area contributed by atoms with Gasteiger partial charge in [-0.05, 0) is 18.6 Å². The van der Waals surface area contributed by atoms with Crippen LogP contribution in [0.15, 0.2) is 30.3 Å². The minimum Gasteiger partial charge on any atom is -0.394 e. The van der Waals surface area contributed by atoms with Gasteiger partial charge in [-0.15, -0.1) is 0 Å². The van der Waals surface area contributed by atoms with Crippen molar-refractivity contribution in [3.05, 3.63) is 30.3 Å². The number of anilines is 1. The van der Waals surface area contributed by atoms with Crippen molar-refractivity contribution in [1.29, 1.82) is 0 Å². The zero-order chi connectivity index (χ0) is 11.1. The fourth-order valence-corrected chi connectivity index (χ4v) is 1.13. The van der Waals surface area contributed by atoms with Gasteiger partial charge in [-0.3, -0.25) is 4.79 Å². The van der Waals surface area contributed by atoms with E-state index in [9.17, 15) is 4.79 Å². The zero-order valence-corrected chi connectivity index (χ0v) is 8.39. The summed E-state index contributed by atoms with van der Waals surface area (Å²) in [5.74, 6) is -0.159. The number of nitrogens with one attached hydrogen (secondary N) is 1. The molecule has 0 aliphatic carbocycles. The van der Waals surface area contributed by atoms with Crippen molar-refractivity contribution in [1.82, 2.24) is 0 Å². The van der Waals surface area contributed by atoms with Crippen LogP contribution in [-0.2, 0) is 4.79 Å². The van der Waals surface area contributed by atoms with Crippen LogP contribution in [-0.4, -0.2) is 28.8 Å². The average molecular weight is 209 g/mol. The Morgan fingerprint density at radius 1 is 1.33 bits per heavy atom. The van der Waals surface area contributed by atoms with Crippen LogP contribution >= 0.6 is 0 Å². The van der Waals surface area contributed by atoms with Crippen LogP contribution in [0, 0.1) is 0 Å². The number of rotatable bonds is 5. The Morgan fingerprint density at radius 2 is 2.00 bits per heavy atom. The summed E-state index contributed by atoms with van der Waals surface area (Å²) in [6.45, 7) is -0.307. The lowest BCUT2D eigenvalue weighted by Crippen LogP contribution is -2.17. The highest BCUT2D eigenvalue weighted by atomic mass is 16.3. The SMILES string of the molecule is O=C(CC[C@@H](O)CO)Nc1ccccc1. The summed E-state index contributed by atoms with van der Waals surface area (Å²) in [5, 5.41) is 20.3. The number of carbonyl (C=O) groups is 1. The molecule has 4 nitrogen and oxygen atoms in total. The molecule has 1 rings (SSSR count). The van der Waals surface area contributed by atoms with Crippen molar-refractivity contribution in [3.8, 4) is 0 Å². The third-order valence-corrected chi connectivity index (χ3v) is 1.97. The van der Waals surface area contributed by atoms with E-state index >= 15 is 0 Å². The lowest BCUT2D eigenvalue weighted by atomic mass is 10.2. The third kappa shape index (κ3) is 4.58. The van der Waals surface area contributed by atoms with Gasteiger partial charge in [-0.2, -0.15) is 0 Å². The van der Waals surface area contributed by atoms with Crippen LogP contribution in [0.5, 0.6) is 0 Å². The first-order valence-corrected chi connectivity index (χ1v) is 4.86. The van der Waals surface area contributed by atoms with Crippen molar-refractivity contribution < 1.29 is 15.0 Å². The Hall–Kier alpha value is -1.39. The van der Waals surface area contributed by atoms with Gasteiger partial charge in [0.15, 0.2) is 0 Å². The Labute approximate surface area is 88.6 Å². The summed E-state index contributed by atoms with van der Waals surface area (Å²) in [6.07, 6.45) is -0.335. The maximum Gasteiger partial charge on any atom is 0.224 e. The standard InChI is InChI=1S/C11H15NO3/c13-8-10(14)6-7-11(15)12-9-4-2-1-3-5-9/h1-5,10,13-14H,6-8H2,(H,12,15)/t10-/m1/s1. The van der Waals surface area contributed by atoms with Gasteiger partial charge in [0.2, 0.25) is 5.91 Å². The van der Waals surface area contributed by atoms with E-state index in [4.69, 9.17) is 10.2 Å². The molecular formula is C11H15NO3. The number of aliphatic hydroxyl groups excluding tert-OH is 2. The number of benzene rings is 1. The number of aliphatic hydroxyl groups is 2. The molecule has 1 amide bonds. The van der Waals surface area contributed by atoms with Gasteiger partial charge in [0.25, 0.3) is 0 Å². The molecular weight excluding hydrogens is 194 g/mol. The number of carbonyl (C=O) groups excluding carboxylic acids is 1. The molecule has 0 spiro atoms. The van der Waals surface area contributed by atoms with Crippen molar-refractivity contribution in [2.75, 3.05) is 11.9 Å². The van der Waals surface area contributed by atoms with Gasteiger partial charge in [-0.25, -0.2) is 0 Å². The Morgan fingerprint density at radius 3 is 2.60 bits per heavy atom. The molecule has 4 heteroatoms. The summed E-state index contributed by atoms with van der Waals surface area (Å²) in [6, 6.07) is 9.11. The topological polar surface area (TPSA) is 69.6 Å². The van der Waals surface area contributed by atoms with Gasteiger partial charge < -0.3 is 15.5 Å². The van der Waals surface area contributed by atoms with Crippen molar-refractivity contribution in [2.45, 2.75) is 18.9 Å². The second kappa shape index (κ2) is 6.16. The maximum atomic E-state index is 11.3. The molecule has 15 heavy (non-hydrogen) atoms. The van der Waals surface area contributed by atoms with Crippen LogP contribution in [0.3, 0.4) is 0 Å². The second-order valence-corrected chi connectivity index (χ2v) is 3.29. The highest BCUT2D eigenvalue weighted by molar-refractivity contribution is 5.90. The number of hydrogen-bond acceptors (Lipinski definition) is 3. The zero-order valence-electron chi connectivity index (χ0n) is 8.39. The molecule has 3 N–H and O–H groups in total. The fraction of sp³-hybridized carbons (Fsp3) is 0.364. The largest absolute Gasteiger partial charge is 0.394 e. The highest BCUT2D eigenvalue weighted by Gasteiger charge is 2.06. The van der Waals surface area contributed by atoms with E-state index in [0.717, 1.165) is 5.69 Å². The number of hydrogen-bond donors (Lipinski definition) is 3. The van der Waals surface area contributed by atoms with E-state index in [1.54, 1.807) is 12.1 Å². The van der Waals surface area contributed by atoms with Gasteiger partial charge in [0, 0.05) is 12.1 Å². The van der Waals surface area contributed by atoms with Crippen molar-refractivity contribution in [3.63, 3.8) is 0 Å². The van der Waals surface area contributed by atoms with E-state index in [1.165, 1.54) is 0 Å². The molecule has 0 aromatic heterocycles. The number of para-hydroxylation sites is 1. The molecule has 0 bridgehead atoms. The van der Waals surface area contributed by atoms with E-state index in [1.807, 2.05) is 18.2 Å². The van der Waals surface area contributed by atoms with Crippen LogP contribution in [0.2, 0.25) is 0 Å². The van der Waals surface area contributed by atoms with Crippen LogP contribution in [0.4, 0.5) is 5.69 Å². The first-order chi connectivity index (χ1) is 7.22. The molecule has 0 aliphatic heterocycles. The molecule has 0 radical (unpaired) electrons. The molecule has 0 saturated heterocycles. The highest BCUT2D eigenvalue weighted by Crippen LogP contribution is 2.06. The predicted octanol–water partition coefficient (Wildman–Crippen LogP) is 0.758. The first kappa shape index (κ1) is 11.7. The van der Waals surface area contributed by atoms with Crippen LogP contribution in [0.1, 0.15) is 12.8 Å². The monoisotopic (exact) mass is 209 g/mol. The first-order valence-electron chi connectivity index (χ1n) is 4.86. The summed E-state index contributed by atoms with van der Waals surface area (Å²) in [7, 11) is 0. The summed E-state index contributed by atoms with van der Waals surface area (Å²) in [4.78, 5) is 11.3. The smallest absolute Gasteiger partial charge is 0.224 e. The van der Waals surface area contributed by atoms with Crippen LogP contribution in [0.25, 0.3) is 0 Å². The Balaban J connectivity index is 2.31. The van der Waals surface area contributed by atoms with Crippen molar-refractivity contribution in [2.24, 2.45) is 0 Å². The van der Waals surface area contributed by atoms with Gasteiger partial charge in [-0.1, -0.05) is 18.2 Å². The summed E-state index contributed by atoms with van der Waals surface area (Å²) < 4.78 is 0. The third-order valence-electron chi connectivity index (χ3n) is 1.97. The van der Waals surface area contributed by atoms with E-state index < -0.39 is 6.10 Å². The minimum absolute atomic E-state index is 0.159. The maximum absolute atomic E-state index is 11.3. The van der Waals surface area contributed by atoms with Gasteiger partial charge in [0.1, 0.15) is 0 Å². The quantitative estimate of drug-likeness (QED) is 0.670. The molecule has 0 saturated carbocycles. The van der Waals surface area contributed by atoms with Gasteiger partial charge >= 0.3 is 0 Å².